The number of ether oxygens (including phenoxy) is 2. The van der Waals surface area contributed by atoms with Gasteiger partial charge in [0.2, 0.25) is 5.88 Å². The van der Waals surface area contributed by atoms with Crippen LogP contribution < -0.4 is 4.74 Å². The molecule has 0 atom stereocenters. The summed E-state index contributed by atoms with van der Waals surface area (Å²) in [6.07, 6.45) is 1.53. The van der Waals surface area contributed by atoms with Gasteiger partial charge in [0.25, 0.3) is 0 Å². The first kappa shape index (κ1) is 16.4. The van der Waals surface area contributed by atoms with Crippen molar-refractivity contribution in [3.8, 4) is 17.0 Å². The van der Waals surface area contributed by atoms with Crippen molar-refractivity contribution >= 4 is 32.9 Å². The second-order valence-electron chi connectivity index (χ2n) is 4.97. The molecular weight excluding hydrogens is 372 g/mol. The third-order valence-electron chi connectivity index (χ3n) is 3.53. The van der Waals surface area contributed by atoms with Crippen LogP contribution in [0.3, 0.4) is 0 Å². The summed E-state index contributed by atoms with van der Waals surface area (Å²) in [6.45, 7) is 2.06. The van der Waals surface area contributed by atoms with Crippen molar-refractivity contribution in [2.75, 3.05) is 13.7 Å². The fraction of sp³-hybridized carbons (Fsp3) is 0.167. The summed E-state index contributed by atoms with van der Waals surface area (Å²) in [5, 5.41) is 0. The summed E-state index contributed by atoms with van der Waals surface area (Å²) in [5.74, 6) is 0.0286. The molecule has 3 aromatic rings. The zero-order valence-electron chi connectivity index (χ0n) is 13.2. The van der Waals surface area contributed by atoms with Gasteiger partial charge in [0.05, 0.1) is 24.8 Å². The molecule has 0 saturated heterocycles. The van der Waals surface area contributed by atoms with Crippen molar-refractivity contribution in [3.05, 3.63) is 52.6 Å². The van der Waals surface area contributed by atoms with Crippen LogP contribution in [0, 0.1) is 0 Å². The minimum atomic E-state index is -0.428. The Hall–Kier alpha value is -2.47. The lowest BCUT2D eigenvalue weighted by Gasteiger charge is -2.13. The van der Waals surface area contributed by atoms with E-state index in [1.807, 2.05) is 30.3 Å². The Kier molecular flexibility index (Phi) is 4.76. The van der Waals surface area contributed by atoms with E-state index in [2.05, 4.69) is 25.9 Å². The Labute approximate surface area is 147 Å². The number of fused-ring (bicyclic) bond motifs is 1. The van der Waals surface area contributed by atoms with Crippen LogP contribution in [0.5, 0.6) is 5.88 Å². The van der Waals surface area contributed by atoms with Gasteiger partial charge in [0.1, 0.15) is 5.52 Å². The number of methoxy groups -OCH3 is 1. The van der Waals surface area contributed by atoms with Crippen LogP contribution in [0.25, 0.3) is 22.2 Å². The van der Waals surface area contributed by atoms with Gasteiger partial charge in [-0.1, -0.05) is 34.1 Å². The first-order chi connectivity index (χ1) is 11.7. The summed E-state index contributed by atoms with van der Waals surface area (Å²) < 4.78 is 11.3. The number of benzene rings is 1. The molecule has 0 unspecified atom stereocenters. The number of rotatable bonds is 4. The molecule has 0 aliphatic carbocycles. The van der Waals surface area contributed by atoms with E-state index in [0.717, 1.165) is 10.0 Å². The van der Waals surface area contributed by atoms with E-state index in [1.165, 1.54) is 6.20 Å². The number of carbonyl (C=O) groups is 1. The number of carbonyl (C=O) groups excluding carboxylic acids is 1. The highest BCUT2D eigenvalue weighted by molar-refractivity contribution is 9.10. The molecule has 0 radical (unpaired) electrons. The molecule has 5 nitrogen and oxygen atoms in total. The van der Waals surface area contributed by atoms with Gasteiger partial charge in [-0.15, -0.1) is 0 Å². The lowest BCUT2D eigenvalue weighted by atomic mass is 9.99. The van der Waals surface area contributed by atoms with Gasteiger partial charge in [-0.05, 0) is 24.6 Å². The minimum absolute atomic E-state index is 0.289. The molecule has 3 rings (SSSR count). The van der Waals surface area contributed by atoms with Crippen LogP contribution in [0.2, 0.25) is 0 Å². The number of hydrogen-bond donors (Lipinski definition) is 0. The molecule has 1 aromatic carbocycles. The van der Waals surface area contributed by atoms with Crippen LogP contribution in [-0.2, 0) is 4.74 Å². The highest BCUT2D eigenvalue weighted by Crippen LogP contribution is 2.35. The Bertz CT molecular complexity index is 912. The van der Waals surface area contributed by atoms with E-state index in [1.54, 1.807) is 20.1 Å². The average molecular weight is 387 g/mol. The molecule has 0 aliphatic heterocycles. The van der Waals surface area contributed by atoms with E-state index in [-0.39, 0.29) is 6.61 Å². The molecule has 0 aliphatic rings. The number of aromatic nitrogens is 2. The summed E-state index contributed by atoms with van der Waals surface area (Å²) >= 11 is 3.55. The van der Waals surface area contributed by atoms with Crippen molar-refractivity contribution in [2.45, 2.75) is 6.92 Å². The number of nitrogens with zero attached hydrogens (tertiary/aromatic N) is 2. The van der Waals surface area contributed by atoms with Gasteiger partial charge in [-0.25, -0.2) is 9.78 Å². The number of halogens is 1. The van der Waals surface area contributed by atoms with Gasteiger partial charge in [-0.3, -0.25) is 4.98 Å². The maximum atomic E-state index is 12.4. The van der Waals surface area contributed by atoms with Gasteiger partial charge < -0.3 is 9.47 Å². The van der Waals surface area contributed by atoms with Crippen molar-refractivity contribution in [3.63, 3.8) is 0 Å². The van der Waals surface area contributed by atoms with Gasteiger partial charge in [0.15, 0.2) is 0 Å². The molecule has 6 heteroatoms. The third kappa shape index (κ3) is 2.97. The second kappa shape index (κ2) is 6.97. The normalized spacial score (nSPS) is 10.6. The summed E-state index contributed by atoms with van der Waals surface area (Å²) in [7, 11) is 1.55. The van der Waals surface area contributed by atoms with Crippen molar-refractivity contribution < 1.29 is 14.3 Å². The summed E-state index contributed by atoms with van der Waals surface area (Å²) in [4.78, 5) is 21.3. The monoisotopic (exact) mass is 386 g/mol. The quantitative estimate of drug-likeness (QED) is 0.627. The van der Waals surface area contributed by atoms with E-state index in [9.17, 15) is 4.79 Å². The topological polar surface area (TPSA) is 61.3 Å². The predicted molar refractivity (Wildman–Crippen MR) is 95.2 cm³/mol. The van der Waals surface area contributed by atoms with Crippen LogP contribution in [0.1, 0.15) is 17.3 Å². The number of pyridine rings is 2. The Morgan fingerprint density at radius 3 is 2.71 bits per heavy atom. The van der Waals surface area contributed by atoms with E-state index < -0.39 is 5.97 Å². The third-order valence-corrected chi connectivity index (χ3v) is 4.23. The molecule has 122 valence electrons. The highest BCUT2D eigenvalue weighted by Gasteiger charge is 2.20. The molecule has 24 heavy (non-hydrogen) atoms. The summed E-state index contributed by atoms with van der Waals surface area (Å²) in [5.41, 5.74) is 3.15. The fourth-order valence-electron chi connectivity index (χ4n) is 2.46. The van der Waals surface area contributed by atoms with Crippen LogP contribution in [-0.4, -0.2) is 29.7 Å². The molecular formula is C18H15BrN2O3. The van der Waals surface area contributed by atoms with Gasteiger partial charge in [-0.2, -0.15) is 0 Å². The van der Waals surface area contributed by atoms with Crippen LogP contribution in [0.4, 0.5) is 0 Å². The van der Waals surface area contributed by atoms with Crippen molar-refractivity contribution in [2.24, 2.45) is 0 Å². The molecule has 0 saturated carbocycles. The smallest absolute Gasteiger partial charge is 0.340 e. The average Bonchev–Trinajstić information content (AvgIpc) is 2.61. The lowest BCUT2D eigenvalue weighted by molar-refractivity contribution is 0.0527. The predicted octanol–water partition coefficient (Wildman–Crippen LogP) is 4.24. The Morgan fingerprint density at radius 1 is 1.21 bits per heavy atom. The lowest BCUT2D eigenvalue weighted by Crippen LogP contribution is -2.08. The van der Waals surface area contributed by atoms with E-state index in [0.29, 0.717) is 28.0 Å². The maximum absolute atomic E-state index is 12.4. The molecule has 2 heterocycles. The van der Waals surface area contributed by atoms with Gasteiger partial charge in [0, 0.05) is 22.3 Å². The molecule has 0 amide bonds. The van der Waals surface area contributed by atoms with E-state index in [4.69, 9.17) is 9.47 Å². The summed E-state index contributed by atoms with van der Waals surface area (Å²) in [6, 6.07) is 11.2. The zero-order valence-corrected chi connectivity index (χ0v) is 14.8. The molecule has 0 bridgehead atoms. The van der Waals surface area contributed by atoms with Crippen LogP contribution >= 0.6 is 15.9 Å². The second-order valence-corrected chi connectivity index (χ2v) is 5.82. The molecule has 0 N–H and O–H groups in total. The van der Waals surface area contributed by atoms with Crippen molar-refractivity contribution in [1.29, 1.82) is 0 Å². The van der Waals surface area contributed by atoms with Crippen molar-refractivity contribution in [1.82, 2.24) is 9.97 Å². The Morgan fingerprint density at radius 2 is 2.00 bits per heavy atom. The SMILES string of the molecule is CCOC(=O)c1cnc2ccc(OC)nc2c1-c1ccccc1Br. The number of hydrogen-bond acceptors (Lipinski definition) is 5. The van der Waals surface area contributed by atoms with Gasteiger partial charge >= 0.3 is 5.97 Å². The first-order valence-corrected chi connectivity index (χ1v) is 8.20. The van der Waals surface area contributed by atoms with Crippen LogP contribution in [0.15, 0.2) is 47.1 Å². The molecule has 2 aromatic heterocycles. The maximum Gasteiger partial charge on any atom is 0.340 e. The standard InChI is InChI=1S/C18H15BrN2O3/c1-3-24-18(22)12-10-20-14-8-9-15(23-2)21-17(14)16(12)11-6-4-5-7-13(11)19/h4-10H,3H2,1-2H3. The molecule has 0 fully saturated rings. The highest BCUT2D eigenvalue weighted by atomic mass is 79.9. The number of esters is 1. The largest absolute Gasteiger partial charge is 0.481 e. The fourth-order valence-corrected chi connectivity index (χ4v) is 2.95. The van der Waals surface area contributed by atoms with E-state index >= 15 is 0 Å². The Balaban J connectivity index is 2.37. The zero-order chi connectivity index (χ0) is 17.1. The minimum Gasteiger partial charge on any atom is -0.481 e. The molecule has 0 spiro atoms. The first-order valence-electron chi connectivity index (χ1n) is 7.41.